The van der Waals surface area contributed by atoms with Crippen LogP contribution in [0.3, 0.4) is 0 Å². The van der Waals surface area contributed by atoms with Crippen LogP contribution in [0.15, 0.2) is 71.8 Å². The van der Waals surface area contributed by atoms with Gasteiger partial charge in [-0.3, -0.25) is 14.6 Å². The molecule has 2 aromatic carbocycles. The maximum atomic E-state index is 13.0. The number of pyridine rings is 2. The Balaban J connectivity index is 1.77. The van der Waals surface area contributed by atoms with Gasteiger partial charge in [0.05, 0.1) is 11.9 Å². The molecule has 0 aliphatic heterocycles. The molecule has 0 aliphatic rings. The zero-order valence-corrected chi connectivity index (χ0v) is 15.8. The van der Waals surface area contributed by atoms with E-state index in [0.29, 0.717) is 11.1 Å². The molecule has 5 heteroatoms. The molecule has 28 heavy (non-hydrogen) atoms. The number of carbonyl (C=O) groups excluding carboxylic acids is 1. The van der Waals surface area contributed by atoms with Gasteiger partial charge in [-0.15, -0.1) is 0 Å². The first-order valence-corrected chi connectivity index (χ1v) is 9.30. The standard InChI is InChI=1S/C23H21N3O2/c1-15(2)26-21-8-4-3-7-18(21)20-13-17(9-10-19(20)23(26)28)25-22(27)12-16-6-5-11-24-14-16/h3-11,13-15H,12H2,1-2H3,(H,25,27). The van der Waals surface area contributed by atoms with Crippen molar-refractivity contribution in [2.45, 2.75) is 26.3 Å². The summed E-state index contributed by atoms with van der Waals surface area (Å²) in [5, 5.41) is 5.42. The number of anilines is 1. The number of nitrogens with one attached hydrogen (secondary N) is 1. The molecule has 0 aliphatic carbocycles. The van der Waals surface area contributed by atoms with Gasteiger partial charge in [0.25, 0.3) is 5.56 Å². The van der Waals surface area contributed by atoms with Crippen LogP contribution in [-0.2, 0) is 11.2 Å². The van der Waals surface area contributed by atoms with Gasteiger partial charge in [-0.25, -0.2) is 0 Å². The quantitative estimate of drug-likeness (QED) is 0.544. The van der Waals surface area contributed by atoms with Crippen LogP contribution in [0.2, 0.25) is 0 Å². The summed E-state index contributed by atoms with van der Waals surface area (Å²) >= 11 is 0. The van der Waals surface area contributed by atoms with Crippen molar-refractivity contribution in [3.05, 3.63) is 82.9 Å². The topological polar surface area (TPSA) is 64.0 Å². The van der Waals surface area contributed by atoms with E-state index in [4.69, 9.17) is 0 Å². The third-order valence-electron chi connectivity index (χ3n) is 4.81. The van der Waals surface area contributed by atoms with Crippen molar-refractivity contribution >= 4 is 33.3 Å². The van der Waals surface area contributed by atoms with Gasteiger partial charge in [-0.05, 0) is 55.1 Å². The summed E-state index contributed by atoms with van der Waals surface area (Å²) in [5.74, 6) is -0.118. The first-order chi connectivity index (χ1) is 13.5. The Labute approximate surface area is 162 Å². The minimum absolute atomic E-state index is 0.0167. The molecule has 140 valence electrons. The Morgan fingerprint density at radius 3 is 2.61 bits per heavy atom. The fourth-order valence-corrected chi connectivity index (χ4v) is 3.59. The zero-order valence-electron chi connectivity index (χ0n) is 15.8. The maximum Gasteiger partial charge on any atom is 0.259 e. The van der Waals surface area contributed by atoms with Crippen LogP contribution in [-0.4, -0.2) is 15.5 Å². The molecule has 0 saturated carbocycles. The molecular weight excluding hydrogens is 350 g/mol. The largest absolute Gasteiger partial charge is 0.326 e. The van der Waals surface area contributed by atoms with Gasteiger partial charge >= 0.3 is 0 Å². The number of carbonyl (C=O) groups is 1. The van der Waals surface area contributed by atoms with Crippen molar-refractivity contribution in [2.75, 3.05) is 5.32 Å². The number of aromatic nitrogens is 2. The van der Waals surface area contributed by atoms with Crippen molar-refractivity contribution in [3.8, 4) is 0 Å². The number of fused-ring (bicyclic) bond motifs is 3. The van der Waals surface area contributed by atoms with E-state index >= 15 is 0 Å². The van der Waals surface area contributed by atoms with Gasteiger partial charge in [0.15, 0.2) is 0 Å². The highest BCUT2D eigenvalue weighted by Crippen LogP contribution is 2.27. The van der Waals surface area contributed by atoms with Crippen molar-refractivity contribution in [3.63, 3.8) is 0 Å². The second-order valence-electron chi connectivity index (χ2n) is 7.13. The third kappa shape index (κ3) is 3.27. The number of hydrogen-bond donors (Lipinski definition) is 1. The van der Waals surface area contributed by atoms with Crippen LogP contribution in [0.25, 0.3) is 21.7 Å². The number of rotatable bonds is 4. The van der Waals surface area contributed by atoms with Gasteiger partial charge in [-0.2, -0.15) is 0 Å². The van der Waals surface area contributed by atoms with Crippen LogP contribution < -0.4 is 10.9 Å². The number of nitrogens with zero attached hydrogens (tertiary/aromatic N) is 2. The van der Waals surface area contributed by atoms with E-state index < -0.39 is 0 Å². The molecule has 0 unspecified atom stereocenters. The number of para-hydroxylation sites is 1. The minimum atomic E-state index is -0.118. The smallest absolute Gasteiger partial charge is 0.259 e. The second kappa shape index (κ2) is 7.27. The van der Waals surface area contributed by atoms with Crippen LogP contribution in [0, 0.1) is 0 Å². The SMILES string of the molecule is CC(C)n1c(=O)c2ccc(NC(=O)Cc3cccnc3)cc2c2ccccc21. The number of benzene rings is 2. The summed E-state index contributed by atoms with van der Waals surface area (Å²) in [7, 11) is 0. The average molecular weight is 371 g/mol. The van der Waals surface area contributed by atoms with Crippen LogP contribution in [0.5, 0.6) is 0 Å². The molecule has 1 N–H and O–H groups in total. The van der Waals surface area contributed by atoms with E-state index in [-0.39, 0.29) is 23.9 Å². The monoisotopic (exact) mass is 371 g/mol. The Hall–Kier alpha value is -3.47. The summed E-state index contributed by atoms with van der Waals surface area (Å²) in [6.45, 7) is 4.01. The molecule has 0 saturated heterocycles. The van der Waals surface area contributed by atoms with Crippen LogP contribution >= 0.6 is 0 Å². The molecule has 0 bridgehead atoms. The fraction of sp³-hybridized carbons (Fsp3) is 0.174. The summed E-state index contributed by atoms with van der Waals surface area (Å²) in [6, 6.07) is 17.1. The second-order valence-corrected chi connectivity index (χ2v) is 7.13. The lowest BCUT2D eigenvalue weighted by Gasteiger charge is -2.16. The van der Waals surface area contributed by atoms with Crippen LogP contribution in [0.1, 0.15) is 25.5 Å². The Morgan fingerprint density at radius 2 is 1.86 bits per heavy atom. The molecule has 4 aromatic rings. The Morgan fingerprint density at radius 1 is 1.04 bits per heavy atom. The van der Waals surface area contributed by atoms with Crippen molar-refractivity contribution in [1.82, 2.24) is 9.55 Å². The zero-order chi connectivity index (χ0) is 19.7. The van der Waals surface area contributed by atoms with E-state index in [1.807, 2.05) is 60.9 Å². The number of hydrogen-bond acceptors (Lipinski definition) is 3. The Bertz CT molecular complexity index is 1230. The van der Waals surface area contributed by atoms with E-state index in [1.165, 1.54) is 0 Å². The first kappa shape index (κ1) is 17.9. The van der Waals surface area contributed by atoms with Crippen molar-refractivity contribution < 1.29 is 4.79 Å². The average Bonchev–Trinajstić information content (AvgIpc) is 2.68. The van der Waals surface area contributed by atoms with Gasteiger partial charge in [0, 0.05) is 34.9 Å². The van der Waals surface area contributed by atoms with E-state index in [1.54, 1.807) is 24.5 Å². The summed E-state index contributed by atoms with van der Waals surface area (Å²) < 4.78 is 1.82. The summed E-state index contributed by atoms with van der Waals surface area (Å²) in [6.07, 6.45) is 3.61. The van der Waals surface area contributed by atoms with Gasteiger partial charge in [-0.1, -0.05) is 24.3 Å². The van der Waals surface area contributed by atoms with Gasteiger partial charge in [0.1, 0.15) is 0 Å². The molecule has 2 heterocycles. The van der Waals surface area contributed by atoms with E-state index in [2.05, 4.69) is 10.3 Å². The first-order valence-electron chi connectivity index (χ1n) is 9.30. The highest BCUT2D eigenvalue weighted by Gasteiger charge is 2.13. The highest BCUT2D eigenvalue weighted by atomic mass is 16.1. The Kier molecular flexibility index (Phi) is 4.65. The molecule has 0 fully saturated rings. The maximum absolute atomic E-state index is 13.0. The van der Waals surface area contributed by atoms with Crippen molar-refractivity contribution in [2.24, 2.45) is 0 Å². The molecule has 0 spiro atoms. The molecule has 0 atom stereocenters. The molecule has 5 nitrogen and oxygen atoms in total. The predicted octanol–water partition coefficient (Wildman–Crippen LogP) is 4.31. The lowest BCUT2D eigenvalue weighted by atomic mass is 10.0. The molecular formula is C23H21N3O2. The van der Waals surface area contributed by atoms with E-state index in [9.17, 15) is 9.59 Å². The lowest BCUT2D eigenvalue weighted by Crippen LogP contribution is -2.22. The normalized spacial score (nSPS) is 11.2. The van der Waals surface area contributed by atoms with Gasteiger partial charge < -0.3 is 9.88 Å². The van der Waals surface area contributed by atoms with Crippen LogP contribution in [0.4, 0.5) is 5.69 Å². The fourth-order valence-electron chi connectivity index (χ4n) is 3.59. The molecule has 0 radical (unpaired) electrons. The van der Waals surface area contributed by atoms with Crippen molar-refractivity contribution in [1.29, 1.82) is 0 Å². The molecule has 1 amide bonds. The highest BCUT2D eigenvalue weighted by molar-refractivity contribution is 6.07. The summed E-state index contributed by atoms with van der Waals surface area (Å²) in [4.78, 5) is 29.4. The third-order valence-corrected chi connectivity index (χ3v) is 4.81. The van der Waals surface area contributed by atoms with Gasteiger partial charge in [0.2, 0.25) is 5.91 Å². The molecule has 4 rings (SSSR count). The predicted molar refractivity (Wildman–Crippen MR) is 113 cm³/mol. The number of amides is 1. The lowest BCUT2D eigenvalue weighted by molar-refractivity contribution is -0.115. The summed E-state index contributed by atoms with van der Waals surface area (Å²) in [5.41, 5.74) is 2.41. The van der Waals surface area contributed by atoms with E-state index in [0.717, 1.165) is 21.9 Å². The molecule has 2 aromatic heterocycles. The minimum Gasteiger partial charge on any atom is -0.326 e.